The Labute approximate surface area is 93.8 Å². The number of benzene rings is 2. The van der Waals surface area contributed by atoms with Gasteiger partial charge in [-0.1, -0.05) is 71.9 Å². The molecule has 0 spiro atoms. The Kier molecular flexibility index (Phi) is 3.75. The van der Waals surface area contributed by atoms with E-state index >= 15 is 0 Å². The Morgan fingerprint density at radius 2 is 1.33 bits per heavy atom. The van der Waals surface area contributed by atoms with E-state index in [2.05, 4.69) is 60.7 Å². The number of hydrogen-bond donors (Lipinski definition) is 0. The van der Waals surface area contributed by atoms with Crippen molar-refractivity contribution < 1.29 is 0 Å². The summed E-state index contributed by atoms with van der Waals surface area (Å²) in [6, 6.07) is 23.0. The highest BCUT2D eigenvalue weighted by atomic mass is 28.2. The highest BCUT2D eigenvalue weighted by Crippen LogP contribution is 2.02. The molecule has 0 amide bonds. The molecule has 1 heteroatoms. The summed E-state index contributed by atoms with van der Waals surface area (Å²) < 4.78 is 0. The van der Waals surface area contributed by atoms with Gasteiger partial charge in [-0.3, -0.25) is 0 Å². The summed E-state index contributed by atoms with van der Waals surface area (Å²) in [5.41, 5.74) is 1.47. The monoisotopic (exact) mass is 212 g/mol. The second-order valence-electron chi connectivity index (χ2n) is 3.82. The molecule has 0 aromatic heterocycles. The van der Waals surface area contributed by atoms with Crippen LogP contribution in [0.5, 0.6) is 0 Å². The van der Waals surface area contributed by atoms with Crippen LogP contribution in [-0.4, -0.2) is 9.52 Å². The molecule has 0 atom stereocenters. The van der Waals surface area contributed by atoms with Gasteiger partial charge in [0.2, 0.25) is 0 Å². The highest BCUT2D eigenvalue weighted by molar-refractivity contribution is 6.53. The van der Waals surface area contributed by atoms with Gasteiger partial charge in [-0.2, -0.15) is 0 Å². The quantitative estimate of drug-likeness (QED) is 0.681. The lowest BCUT2D eigenvalue weighted by atomic mass is 10.2. The standard InChI is InChI=1S/C14H16Si/c1-3-7-13(8-4-1)11-12-15-14-9-5-2-6-10-14/h1-10H,11-12,15H2. The Bertz CT molecular complexity index is 341. The van der Waals surface area contributed by atoms with Gasteiger partial charge in [-0.25, -0.2) is 0 Å². The normalized spacial score (nSPS) is 10.9. The van der Waals surface area contributed by atoms with E-state index < -0.39 is 0 Å². The van der Waals surface area contributed by atoms with Gasteiger partial charge in [-0.15, -0.1) is 0 Å². The van der Waals surface area contributed by atoms with Crippen molar-refractivity contribution in [1.82, 2.24) is 0 Å². The molecule has 0 bridgehead atoms. The maximum atomic E-state index is 2.26. The molecular weight excluding hydrogens is 196 g/mol. The predicted molar refractivity (Wildman–Crippen MR) is 69.6 cm³/mol. The van der Waals surface area contributed by atoms with E-state index in [0.29, 0.717) is 0 Å². The predicted octanol–water partition coefficient (Wildman–Crippen LogP) is 2.14. The van der Waals surface area contributed by atoms with E-state index in [1.807, 2.05) is 0 Å². The van der Waals surface area contributed by atoms with E-state index in [-0.39, 0.29) is 9.52 Å². The van der Waals surface area contributed by atoms with E-state index in [9.17, 15) is 0 Å². The fraction of sp³-hybridized carbons (Fsp3) is 0.143. The third-order valence-electron chi connectivity index (χ3n) is 2.62. The van der Waals surface area contributed by atoms with Gasteiger partial charge in [0, 0.05) is 0 Å². The summed E-state index contributed by atoms with van der Waals surface area (Å²) in [4.78, 5) is 0. The van der Waals surface area contributed by atoms with Crippen LogP contribution in [0, 0.1) is 0 Å². The van der Waals surface area contributed by atoms with Crippen molar-refractivity contribution in [3.8, 4) is 0 Å². The maximum absolute atomic E-state index is 2.26. The molecular formula is C14H16Si. The molecule has 0 heterocycles. The molecule has 0 aliphatic carbocycles. The molecule has 2 rings (SSSR count). The first-order chi connectivity index (χ1) is 7.45. The third-order valence-corrected chi connectivity index (χ3v) is 4.37. The minimum Gasteiger partial charge on any atom is -0.0669 e. The molecule has 0 aliphatic heterocycles. The van der Waals surface area contributed by atoms with Gasteiger partial charge in [0.25, 0.3) is 0 Å². The van der Waals surface area contributed by atoms with Gasteiger partial charge in [0.1, 0.15) is 0 Å². The number of rotatable bonds is 4. The molecule has 0 nitrogen and oxygen atoms in total. The lowest BCUT2D eigenvalue weighted by Gasteiger charge is -2.01. The third kappa shape index (κ3) is 3.37. The second-order valence-corrected chi connectivity index (χ2v) is 5.85. The molecule has 2 aromatic rings. The smallest absolute Gasteiger partial charge is 0.0550 e. The van der Waals surface area contributed by atoms with Gasteiger partial charge in [0.05, 0.1) is 9.52 Å². The minimum atomic E-state index is -0.0552. The summed E-state index contributed by atoms with van der Waals surface area (Å²) in [6.07, 6.45) is 1.24. The van der Waals surface area contributed by atoms with Crippen LogP contribution in [-0.2, 0) is 6.42 Å². The first-order valence-corrected chi connectivity index (χ1v) is 7.24. The van der Waals surface area contributed by atoms with Crippen LogP contribution in [0.15, 0.2) is 60.7 Å². The van der Waals surface area contributed by atoms with Crippen molar-refractivity contribution in [2.24, 2.45) is 0 Å². The minimum absolute atomic E-state index is 0.0552. The van der Waals surface area contributed by atoms with Crippen LogP contribution >= 0.6 is 0 Å². The summed E-state index contributed by atoms with van der Waals surface area (Å²) in [5.74, 6) is 0. The zero-order valence-electron chi connectivity index (χ0n) is 8.89. The van der Waals surface area contributed by atoms with Crippen LogP contribution in [0.4, 0.5) is 0 Å². The molecule has 0 aliphatic rings. The van der Waals surface area contributed by atoms with Crippen molar-refractivity contribution >= 4 is 14.7 Å². The molecule has 76 valence electrons. The molecule has 15 heavy (non-hydrogen) atoms. The highest BCUT2D eigenvalue weighted by Gasteiger charge is 1.94. The van der Waals surface area contributed by atoms with Gasteiger partial charge < -0.3 is 0 Å². The molecule has 0 saturated carbocycles. The van der Waals surface area contributed by atoms with Crippen molar-refractivity contribution in [2.45, 2.75) is 12.5 Å². The Morgan fingerprint density at radius 3 is 2.00 bits per heavy atom. The average molecular weight is 212 g/mol. The molecule has 0 N–H and O–H groups in total. The SMILES string of the molecule is c1ccc(CC[SiH2]c2ccccc2)cc1. The van der Waals surface area contributed by atoms with E-state index in [0.717, 1.165) is 0 Å². The number of aryl methyl sites for hydroxylation is 1. The molecule has 0 radical (unpaired) electrons. The van der Waals surface area contributed by atoms with Crippen LogP contribution in [0.1, 0.15) is 5.56 Å². The maximum Gasteiger partial charge on any atom is 0.0550 e. The van der Waals surface area contributed by atoms with Crippen LogP contribution < -0.4 is 5.19 Å². The average Bonchev–Trinajstić information content (AvgIpc) is 2.32. The summed E-state index contributed by atoms with van der Waals surface area (Å²) in [6.45, 7) is 0. The van der Waals surface area contributed by atoms with Gasteiger partial charge in [-0.05, 0) is 12.0 Å². The Morgan fingerprint density at radius 1 is 0.733 bits per heavy atom. The van der Waals surface area contributed by atoms with Crippen molar-refractivity contribution in [2.75, 3.05) is 0 Å². The zero-order chi connectivity index (χ0) is 10.3. The van der Waals surface area contributed by atoms with Crippen molar-refractivity contribution in [3.05, 3.63) is 66.2 Å². The molecule has 0 fully saturated rings. The van der Waals surface area contributed by atoms with Crippen molar-refractivity contribution in [1.29, 1.82) is 0 Å². The molecule has 0 saturated heterocycles. The fourth-order valence-corrected chi connectivity index (χ4v) is 3.38. The van der Waals surface area contributed by atoms with Gasteiger partial charge in [0.15, 0.2) is 0 Å². The first-order valence-electron chi connectivity index (χ1n) is 5.53. The second kappa shape index (κ2) is 5.52. The zero-order valence-corrected chi connectivity index (χ0v) is 10.3. The first kappa shape index (κ1) is 10.2. The Balaban J connectivity index is 1.81. The van der Waals surface area contributed by atoms with E-state index in [1.54, 1.807) is 5.19 Å². The van der Waals surface area contributed by atoms with E-state index in [1.165, 1.54) is 18.0 Å². The lowest BCUT2D eigenvalue weighted by Crippen LogP contribution is -2.13. The summed E-state index contributed by atoms with van der Waals surface area (Å²) in [5, 5.41) is 1.58. The van der Waals surface area contributed by atoms with Crippen molar-refractivity contribution in [3.63, 3.8) is 0 Å². The molecule has 2 aromatic carbocycles. The largest absolute Gasteiger partial charge is 0.0669 e. The van der Waals surface area contributed by atoms with E-state index in [4.69, 9.17) is 0 Å². The topological polar surface area (TPSA) is 0 Å². The van der Waals surface area contributed by atoms with Gasteiger partial charge >= 0.3 is 0 Å². The van der Waals surface area contributed by atoms with Crippen LogP contribution in [0.25, 0.3) is 0 Å². The van der Waals surface area contributed by atoms with Crippen LogP contribution in [0.2, 0.25) is 6.04 Å². The number of hydrogen-bond acceptors (Lipinski definition) is 0. The summed E-state index contributed by atoms with van der Waals surface area (Å²) >= 11 is 0. The van der Waals surface area contributed by atoms with Crippen LogP contribution in [0.3, 0.4) is 0 Å². The molecule has 0 unspecified atom stereocenters. The Hall–Kier alpha value is -1.34. The fourth-order valence-electron chi connectivity index (χ4n) is 1.79. The summed E-state index contributed by atoms with van der Waals surface area (Å²) in [7, 11) is -0.0552. The lowest BCUT2D eigenvalue weighted by molar-refractivity contribution is 1.13.